The van der Waals surface area contributed by atoms with Crippen molar-refractivity contribution in [1.29, 1.82) is 0 Å². The summed E-state index contributed by atoms with van der Waals surface area (Å²) in [4.78, 5) is 24.4. The van der Waals surface area contributed by atoms with E-state index in [1.807, 2.05) is 32.0 Å². The van der Waals surface area contributed by atoms with Gasteiger partial charge < -0.3 is 15.4 Å². The molecule has 0 heterocycles. The first kappa shape index (κ1) is 20.1. The molecule has 0 saturated carbocycles. The van der Waals surface area contributed by atoms with E-state index in [0.717, 1.165) is 16.8 Å². The molecule has 148 valence electrons. The fourth-order valence-electron chi connectivity index (χ4n) is 2.66. The van der Waals surface area contributed by atoms with Crippen molar-refractivity contribution in [2.75, 3.05) is 17.2 Å². The van der Waals surface area contributed by atoms with Crippen molar-refractivity contribution in [3.8, 4) is 5.75 Å². The molecule has 0 aliphatic carbocycles. The number of anilines is 2. The van der Waals surface area contributed by atoms with Crippen molar-refractivity contribution in [1.82, 2.24) is 0 Å². The fraction of sp³-hybridized carbons (Fsp3) is 0.130. The van der Waals surface area contributed by atoms with Crippen LogP contribution in [-0.4, -0.2) is 18.4 Å². The third-order valence-electron chi connectivity index (χ3n) is 4.47. The van der Waals surface area contributed by atoms with E-state index in [1.54, 1.807) is 24.3 Å². The summed E-state index contributed by atoms with van der Waals surface area (Å²) in [5, 5.41) is 5.51. The van der Waals surface area contributed by atoms with E-state index in [0.29, 0.717) is 17.0 Å². The lowest BCUT2D eigenvalue weighted by Gasteiger charge is -2.11. The number of rotatable bonds is 6. The van der Waals surface area contributed by atoms with Gasteiger partial charge in [-0.2, -0.15) is 0 Å². The zero-order valence-electron chi connectivity index (χ0n) is 16.2. The van der Waals surface area contributed by atoms with Crippen molar-refractivity contribution in [3.63, 3.8) is 0 Å². The fourth-order valence-corrected chi connectivity index (χ4v) is 2.66. The SMILES string of the molecule is Cc1cccc(NC(=O)COc2ccc(C(=O)Nc3ccc(F)cc3)cc2)c1C. The Labute approximate surface area is 168 Å². The molecule has 0 fully saturated rings. The average Bonchev–Trinajstić information content (AvgIpc) is 2.72. The summed E-state index contributed by atoms with van der Waals surface area (Å²) in [6.45, 7) is 3.78. The summed E-state index contributed by atoms with van der Waals surface area (Å²) >= 11 is 0. The molecule has 5 nitrogen and oxygen atoms in total. The molecule has 3 aromatic rings. The van der Waals surface area contributed by atoms with E-state index in [-0.39, 0.29) is 24.2 Å². The van der Waals surface area contributed by atoms with Crippen molar-refractivity contribution in [3.05, 3.63) is 89.2 Å². The highest BCUT2D eigenvalue weighted by atomic mass is 19.1. The number of ether oxygens (including phenoxy) is 1. The smallest absolute Gasteiger partial charge is 0.262 e. The standard InChI is InChI=1S/C23H21FN2O3/c1-15-4-3-5-21(16(15)2)26-22(27)14-29-20-12-6-17(7-13-20)23(28)25-19-10-8-18(24)9-11-19/h3-13H,14H2,1-2H3,(H,25,28)(H,26,27). The number of aryl methyl sites for hydroxylation is 1. The minimum atomic E-state index is -0.369. The van der Waals surface area contributed by atoms with Gasteiger partial charge in [-0.15, -0.1) is 0 Å². The maximum Gasteiger partial charge on any atom is 0.262 e. The molecule has 0 bridgehead atoms. The van der Waals surface area contributed by atoms with Crippen molar-refractivity contribution in [2.24, 2.45) is 0 Å². The van der Waals surface area contributed by atoms with Crippen LogP contribution in [0.2, 0.25) is 0 Å². The van der Waals surface area contributed by atoms with Crippen LogP contribution in [0.5, 0.6) is 5.75 Å². The third-order valence-corrected chi connectivity index (χ3v) is 4.47. The van der Waals surface area contributed by atoms with Gasteiger partial charge in [0.15, 0.2) is 6.61 Å². The Morgan fingerprint density at radius 3 is 2.28 bits per heavy atom. The molecule has 0 aromatic heterocycles. The summed E-state index contributed by atoms with van der Waals surface area (Å²) in [5.74, 6) is -0.488. The number of hydrogen-bond acceptors (Lipinski definition) is 3. The van der Waals surface area contributed by atoms with Gasteiger partial charge in [-0.25, -0.2) is 4.39 Å². The van der Waals surface area contributed by atoms with Gasteiger partial charge in [0, 0.05) is 16.9 Å². The monoisotopic (exact) mass is 392 g/mol. The molecular weight excluding hydrogens is 371 g/mol. The Kier molecular flexibility index (Phi) is 6.24. The van der Waals surface area contributed by atoms with Crippen LogP contribution in [0.1, 0.15) is 21.5 Å². The highest BCUT2D eigenvalue weighted by molar-refractivity contribution is 6.04. The normalized spacial score (nSPS) is 10.3. The molecule has 0 radical (unpaired) electrons. The quantitative estimate of drug-likeness (QED) is 0.638. The van der Waals surface area contributed by atoms with Gasteiger partial charge in [-0.05, 0) is 79.6 Å². The number of halogens is 1. The van der Waals surface area contributed by atoms with Crippen LogP contribution in [-0.2, 0) is 4.79 Å². The highest BCUT2D eigenvalue weighted by Gasteiger charge is 2.09. The lowest BCUT2D eigenvalue weighted by atomic mass is 10.1. The topological polar surface area (TPSA) is 67.4 Å². The average molecular weight is 392 g/mol. The summed E-state index contributed by atoms with van der Waals surface area (Å²) in [6, 6.07) is 17.6. The van der Waals surface area contributed by atoms with Crippen molar-refractivity contribution >= 4 is 23.2 Å². The van der Waals surface area contributed by atoms with Gasteiger partial charge >= 0.3 is 0 Å². The third kappa shape index (κ3) is 5.42. The summed E-state index contributed by atoms with van der Waals surface area (Å²) < 4.78 is 18.4. The van der Waals surface area contributed by atoms with Gasteiger partial charge in [0.2, 0.25) is 0 Å². The van der Waals surface area contributed by atoms with E-state index < -0.39 is 0 Å². The van der Waals surface area contributed by atoms with Gasteiger partial charge in [-0.3, -0.25) is 9.59 Å². The molecule has 0 saturated heterocycles. The number of carbonyl (C=O) groups is 2. The van der Waals surface area contributed by atoms with Crippen LogP contribution in [0.15, 0.2) is 66.7 Å². The Balaban J connectivity index is 1.53. The van der Waals surface area contributed by atoms with Crippen LogP contribution in [0.3, 0.4) is 0 Å². The molecule has 0 spiro atoms. The van der Waals surface area contributed by atoms with Crippen LogP contribution < -0.4 is 15.4 Å². The second kappa shape index (κ2) is 9.01. The molecule has 29 heavy (non-hydrogen) atoms. The van der Waals surface area contributed by atoms with E-state index in [9.17, 15) is 14.0 Å². The lowest BCUT2D eigenvalue weighted by molar-refractivity contribution is -0.118. The molecule has 0 aliphatic heterocycles. The molecule has 3 aromatic carbocycles. The zero-order valence-corrected chi connectivity index (χ0v) is 16.2. The Morgan fingerprint density at radius 1 is 0.897 bits per heavy atom. The minimum Gasteiger partial charge on any atom is -0.484 e. The second-order valence-corrected chi connectivity index (χ2v) is 6.57. The maximum atomic E-state index is 12.9. The molecular formula is C23H21FN2O3. The first-order valence-corrected chi connectivity index (χ1v) is 9.08. The summed E-state index contributed by atoms with van der Waals surface area (Å²) in [6.07, 6.45) is 0. The zero-order chi connectivity index (χ0) is 20.8. The van der Waals surface area contributed by atoms with Crippen LogP contribution in [0, 0.1) is 19.7 Å². The van der Waals surface area contributed by atoms with Crippen molar-refractivity contribution in [2.45, 2.75) is 13.8 Å². The molecule has 3 rings (SSSR count). The number of amides is 2. The lowest BCUT2D eigenvalue weighted by Crippen LogP contribution is -2.20. The highest BCUT2D eigenvalue weighted by Crippen LogP contribution is 2.18. The van der Waals surface area contributed by atoms with Crippen LogP contribution in [0.25, 0.3) is 0 Å². The molecule has 0 atom stereocenters. The first-order valence-electron chi connectivity index (χ1n) is 9.08. The Morgan fingerprint density at radius 2 is 1.59 bits per heavy atom. The maximum absolute atomic E-state index is 12.9. The summed E-state index contributed by atoms with van der Waals surface area (Å²) in [5.41, 5.74) is 3.78. The van der Waals surface area contributed by atoms with Crippen LogP contribution in [0.4, 0.5) is 15.8 Å². The molecule has 0 aliphatic rings. The predicted octanol–water partition coefficient (Wildman–Crippen LogP) is 4.71. The van der Waals surface area contributed by atoms with Gasteiger partial charge in [0.25, 0.3) is 11.8 Å². The largest absolute Gasteiger partial charge is 0.484 e. The van der Waals surface area contributed by atoms with Crippen molar-refractivity contribution < 1.29 is 18.7 Å². The molecule has 0 unspecified atom stereocenters. The number of carbonyl (C=O) groups excluding carboxylic acids is 2. The Bertz CT molecular complexity index is 1020. The summed E-state index contributed by atoms with van der Waals surface area (Å²) in [7, 11) is 0. The van der Waals surface area contributed by atoms with Gasteiger partial charge in [0.05, 0.1) is 0 Å². The van der Waals surface area contributed by atoms with Crippen LogP contribution >= 0.6 is 0 Å². The van der Waals surface area contributed by atoms with E-state index in [1.165, 1.54) is 24.3 Å². The number of nitrogens with one attached hydrogen (secondary N) is 2. The minimum absolute atomic E-state index is 0.144. The second-order valence-electron chi connectivity index (χ2n) is 6.57. The van der Waals surface area contributed by atoms with E-state index in [4.69, 9.17) is 4.74 Å². The number of hydrogen-bond donors (Lipinski definition) is 2. The van der Waals surface area contributed by atoms with E-state index >= 15 is 0 Å². The molecule has 6 heteroatoms. The van der Waals surface area contributed by atoms with Gasteiger partial charge in [-0.1, -0.05) is 12.1 Å². The molecule has 2 N–H and O–H groups in total. The van der Waals surface area contributed by atoms with E-state index in [2.05, 4.69) is 10.6 Å². The Hall–Kier alpha value is -3.67. The first-order chi connectivity index (χ1) is 13.9. The predicted molar refractivity (Wildman–Crippen MR) is 111 cm³/mol. The molecule has 2 amide bonds. The van der Waals surface area contributed by atoms with Gasteiger partial charge in [0.1, 0.15) is 11.6 Å². The number of benzene rings is 3.